The van der Waals surface area contributed by atoms with Gasteiger partial charge in [0.15, 0.2) is 11.4 Å². The highest BCUT2D eigenvalue weighted by Crippen LogP contribution is 2.54. The van der Waals surface area contributed by atoms with Crippen LogP contribution in [0.15, 0.2) is 23.0 Å². The summed E-state index contributed by atoms with van der Waals surface area (Å²) in [5.41, 5.74) is 3.01. The molecule has 1 aromatic carbocycles. The average Bonchev–Trinajstić information content (AvgIpc) is 2.88. The molecule has 8 N–H and O–H groups in total. The molecule has 3 aliphatic carbocycles. The number of aliphatic hydroxyl groups is 3. The van der Waals surface area contributed by atoms with Crippen molar-refractivity contribution in [2.75, 3.05) is 46.2 Å². The molecular weight excluding hydrogens is 534 g/mol. The molecule has 1 unspecified atom stereocenters. The molecule has 0 radical (unpaired) electrons. The number of Topliss-reactive ketones (excluding diaryl/α,β-unsaturated/α-hetero) is 2. The predicted octanol–water partition coefficient (Wildman–Crippen LogP) is -0.744. The number of fused-ring (bicyclic) bond motifs is 3. The summed E-state index contributed by atoms with van der Waals surface area (Å²) >= 11 is 0. The van der Waals surface area contributed by atoms with Crippen LogP contribution in [0, 0.1) is 11.8 Å². The lowest BCUT2D eigenvalue weighted by atomic mass is 9.57. The van der Waals surface area contributed by atoms with Crippen molar-refractivity contribution in [1.82, 2.24) is 15.5 Å². The number of rotatable bonds is 8. The van der Waals surface area contributed by atoms with Crippen LogP contribution >= 0.6 is 0 Å². The maximum atomic E-state index is 14.0. The van der Waals surface area contributed by atoms with E-state index in [1.54, 1.807) is 39.2 Å². The third-order valence-electron chi connectivity index (χ3n) is 8.27. The summed E-state index contributed by atoms with van der Waals surface area (Å²) in [5, 5.41) is 51.1. The molecule has 13 heteroatoms. The second kappa shape index (κ2) is 10.8. The SMILES string of the molecule is CCNCC(=O)NCc1cc(N(C)C)c2c(c1O)C(O)=C1C(=O)[C@]3(O)C(O)=C(C(N)=O)C(=O)C(N(C)C)[C@H]3C[C@@H]1C2. The molecule has 0 aliphatic heterocycles. The number of nitrogens with one attached hydrogen (secondary N) is 2. The number of anilines is 1. The molecule has 13 nitrogen and oxygen atoms in total. The van der Waals surface area contributed by atoms with E-state index in [-0.39, 0.29) is 54.3 Å². The number of phenolic OH excluding ortho intramolecular Hbond substituents is 1. The first-order valence-corrected chi connectivity index (χ1v) is 13.4. The second-order valence-electron chi connectivity index (χ2n) is 11.2. The third-order valence-corrected chi connectivity index (χ3v) is 8.27. The minimum Gasteiger partial charge on any atom is -0.508 e. The van der Waals surface area contributed by atoms with Gasteiger partial charge in [-0.25, -0.2) is 0 Å². The summed E-state index contributed by atoms with van der Waals surface area (Å²) in [4.78, 5) is 54.8. The number of hydrogen-bond acceptors (Lipinski definition) is 11. The molecule has 2 amide bonds. The number of hydrogen-bond donors (Lipinski definition) is 7. The van der Waals surface area contributed by atoms with Crippen molar-refractivity contribution in [1.29, 1.82) is 0 Å². The van der Waals surface area contributed by atoms with Gasteiger partial charge in [-0.2, -0.15) is 0 Å². The number of likely N-dealkylation sites (N-methyl/N-ethyl adjacent to an activating group) is 2. The molecule has 0 bridgehead atoms. The van der Waals surface area contributed by atoms with Crippen LogP contribution in [0.2, 0.25) is 0 Å². The molecule has 3 aliphatic rings. The smallest absolute Gasteiger partial charge is 0.255 e. The van der Waals surface area contributed by atoms with Gasteiger partial charge in [-0.1, -0.05) is 6.92 Å². The Kier molecular flexibility index (Phi) is 7.91. The van der Waals surface area contributed by atoms with E-state index in [1.807, 2.05) is 6.92 Å². The molecule has 41 heavy (non-hydrogen) atoms. The van der Waals surface area contributed by atoms with Crippen LogP contribution in [-0.4, -0.2) is 102 Å². The summed E-state index contributed by atoms with van der Waals surface area (Å²) in [6.07, 6.45) is 0.171. The Balaban J connectivity index is 1.89. The highest BCUT2D eigenvalue weighted by atomic mass is 16.3. The van der Waals surface area contributed by atoms with Gasteiger partial charge in [0, 0.05) is 43.4 Å². The van der Waals surface area contributed by atoms with Crippen LogP contribution < -0.4 is 21.3 Å². The number of phenols is 1. The lowest BCUT2D eigenvalue weighted by Gasteiger charge is -2.50. The number of aliphatic hydroxyl groups excluding tert-OH is 2. The first kappa shape index (κ1) is 30.0. The molecule has 0 aromatic heterocycles. The van der Waals surface area contributed by atoms with Crippen LogP contribution in [0.3, 0.4) is 0 Å². The Morgan fingerprint density at radius 1 is 1.15 bits per heavy atom. The molecule has 4 atom stereocenters. The van der Waals surface area contributed by atoms with Gasteiger partial charge in [0.25, 0.3) is 5.91 Å². The van der Waals surface area contributed by atoms with E-state index in [4.69, 9.17) is 5.73 Å². The van der Waals surface area contributed by atoms with E-state index in [1.165, 1.54) is 4.90 Å². The topological polar surface area (TPSA) is 206 Å². The highest BCUT2D eigenvalue weighted by Gasteiger charge is 2.64. The molecule has 1 saturated carbocycles. The summed E-state index contributed by atoms with van der Waals surface area (Å²) in [6, 6.07) is 0.545. The second-order valence-corrected chi connectivity index (χ2v) is 11.2. The number of ketones is 2. The zero-order valence-electron chi connectivity index (χ0n) is 23.7. The molecule has 1 fully saturated rings. The Hall–Kier alpha value is -3.94. The van der Waals surface area contributed by atoms with Crippen molar-refractivity contribution in [3.8, 4) is 5.75 Å². The van der Waals surface area contributed by atoms with Gasteiger partial charge in [0.1, 0.15) is 22.8 Å². The fourth-order valence-corrected chi connectivity index (χ4v) is 6.37. The fraction of sp³-hybridized carbons (Fsp3) is 0.500. The quantitative estimate of drug-likeness (QED) is 0.193. The summed E-state index contributed by atoms with van der Waals surface area (Å²) in [6.45, 7) is 2.47. The van der Waals surface area contributed by atoms with Crippen molar-refractivity contribution in [3.05, 3.63) is 39.7 Å². The molecule has 222 valence electrons. The minimum atomic E-state index is -2.71. The van der Waals surface area contributed by atoms with Crippen LogP contribution in [0.1, 0.15) is 30.0 Å². The summed E-state index contributed by atoms with van der Waals surface area (Å²) in [7, 11) is 6.65. The van der Waals surface area contributed by atoms with Crippen molar-refractivity contribution < 1.29 is 39.6 Å². The van der Waals surface area contributed by atoms with Gasteiger partial charge in [0.05, 0.1) is 18.2 Å². The number of amides is 2. The van der Waals surface area contributed by atoms with Crippen LogP contribution in [0.4, 0.5) is 5.69 Å². The van der Waals surface area contributed by atoms with Gasteiger partial charge >= 0.3 is 0 Å². The zero-order valence-corrected chi connectivity index (χ0v) is 23.7. The molecule has 1 aromatic rings. The van der Waals surface area contributed by atoms with Gasteiger partial charge in [-0.3, -0.25) is 24.1 Å². The first-order valence-electron chi connectivity index (χ1n) is 13.4. The number of benzene rings is 1. The molecule has 0 spiro atoms. The Bertz CT molecular complexity index is 1400. The number of carbonyl (C=O) groups is 4. The van der Waals surface area contributed by atoms with E-state index in [0.29, 0.717) is 17.8 Å². The lowest BCUT2D eigenvalue weighted by Crippen LogP contribution is -2.65. The number of nitrogens with zero attached hydrogens (tertiary/aromatic N) is 2. The Morgan fingerprint density at radius 2 is 1.80 bits per heavy atom. The number of aromatic hydroxyl groups is 1. The van der Waals surface area contributed by atoms with Crippen molar-refractivity contribution in [2.24, 2.45) is 17.6 Å². The maximum absolute atomic E-state index is 14.0. The summed E-state index contributed by atoms with van der Waals surface area (Å²) < 4.78 is 0. The van der Waals surface area contributed by atoms with Gasteiger partial charge in [-0.05, 0) is 51.0 Å². The maximum Gasteiger partial charge on any atom is 0.255 e. The number of primary amides is 1. The molecule has 0 heterocycles. The third kappa shape index (κ3) is 4.63. The van der Waals surface area contributed by atoms with E-state index in [9.17, 15) is 39.6 Å². The van der Waals surface area contributed by atoms with Crippen LogP contribution in [0.5, 0.6) is 5.75 Å². The van der Waals surface area contributed by atoms with E-state index >= 15 is 0 Å². The van der Waals surface area contributed by atoms with Crippen molar-refractivity contribution in [2.45, 2.75) is 38.0 Å². The van der Waals surface area contributed by atoms with Gasteiger partial charge in [0.2, 0.25) is 11.7 Å². The van der Waals surface area contributed by atoms with E-state index in [2.05, 4.69) is 10.6 Å². The van der Waals surface area contributed by atoms with E-state index in [0.717, 1.165) is 0 Å². The number of carbonyl (C=O) groups excluding carboxylic acids is 4. The highest BCUT2D eigenvalue weighted by molar-refractivity contribution is 6.24. The number of nitrogens with two attached hydrogens (primary N) is 1. The van der Waals surface area contributed by atoms with Crippen molar-refractivity contribution in [3.63, 3.8) is 0 Å². The predicted molar refractivity (Wildman–Crippen MR) is 149 cm³/mol. The van der Waals surface area contributed by atoms with Crippen LogP contribution in [-0.2, 0) is 32.1 Å². The molecule has 4 rings (SSSR count). The largest absolute Gasteiger partial charge is 0.508 e. The van der Waals surface area contributed by atoms with Gasteiger partial charge < -0.3 is 41.7 Å². The molecular formula is C28H37N5O8. The monoisotopic (exact) mass is 571 g/mol. The first-order chi connectivity index (χ1) is 19.2. The van der Waals surface area contributed by atoms with E-state index < -0.39 is 58.0 Å². The normalized spacial score (nSPS) is 25.6. The summed E-state index contributed by atoms with van der Waals surface area (Å²) in [5.74, 6) is -7.36. The van der Waals surface area contributed by atoms with Crippen molar-refractivity contribution >= 4 is 34.8 Å². The average molecular weight is 572 g/mol. The lowest BCUT2D eigenvalue weighted by molar-refractivity contribution is -0.153. The zero-order chi connectivity index (χ0) is 30.5. The minimum absolute atomic E-state index is 0.00162. The van der Waals surface area contributed by atoms with Crippen LogP contribution in [0.25, 0.3) is 5.76 Å². The van der Waals surface area contributed by atoms with Gasteiger partial charge in [-0.15, -0.1) is 0 Å². The fourth-order valence-electron chi connectivity index (χ4n) is 6.37. The standard InChI is InChI=1S/C28H37N5O8/c1-6-30-11-17(34)31-10-13-9-16(32(2)3)14-7-12-8-15-21(33(4)5)24(37)20(27(29)40)26(39)28(15,41)25(38)18(12)23(36)19(14)22(13)35/h9,12,15,21,30,35-36,39,41H,6-8,10-11H2,1-5H3,(H2,29,40)(H,31,34)/t12-,15+,21?,28-/m0/s1. The Labute approximate surface area is 237 Å². The Morgan fingerprint density at radius 3 is 2.37 bits per heavy atom. The molecule has 0 saturated heterocycles.